The van der Waals surface area contributed by atoms with Crippen LogP contribution in [-0.2, 0) is 9.59 Å². The third-order valence-corrected chi connectivity index (χ3v) is 6.45. The van der Waals surface area contributed by atoms with Crippen molar-refractivity contribution in [3.05, 3.63) is 105 Å². The van der Waals surface area contributed by atoms with Gasteiger partial charge in [0.05, 0.1) is 26.8 Å². The number of thiazole rings is 1. The van der Waals surface area contributed by atoms with Gasteiger partial charge < -0.3 is 5.11 Å². The predicted molar refractivity (Wildman–Crippen MR) is 124 cm³/mol. The van der Waals surface area contributed by atoms with E-state index in [1.54, 1.807) is 30.3 Å². The second-order valence-corrected chi connectivity index (χ2v) is 8.50. The van der Waals surface area contributed by atoms with E-state index in [4.69, 9.17) is 0 Å². The molecular formula is C24H14FN3O5S. The zero-order valence-electron chi connectivity index (χ0n) is 17.2. The van der Waals surface area contributed by atoms with Crippen LogP contribution in [0.15, 0.2) is 78.4 Å². The van der Waals surface area contributed by atoms with E-state index in [1.165, 1.54) is 42.5 Å². The van der Waals surface area contributed by atoms with Gasteiger partial charge in [-0.3, -0.25) is 24.6 Å². The molecule has 2 heterocycles. The van der Waals surface area contributed by atoms with E-state index in [0.29, 0.717) is 15.8 Å². The van der Waals surface area contributed by atoms with Crippen molar-refractivity contribution >= 4 is 49.8 Å². The minimum Gasteiger partial charge on any atom is -0.507 e. The fourth-order valence-electron chi connectivity index (χ4n) is 3.89. The number of nitro groups is 1. The number of hydrogen-bond donors (Lipinski definition) is 1. The number of nitrogens with zero attached hydrogens (tertiary/aromatic N) is 3. The van der Waals surface area contributed by atoms with Crippen LogP contribution in [0.4, 0.5) is 15.2 Å². The topological polar surface area (TPSA) is 114 Å². The van der Waals surface area contributed by atoms with Crippen molar-refractivity contribution in [3.63, 3.8) is 0 Å². The van der Waals surface area contributed by atoms with Crippen LogP contribution < -0.4 is 4.90 Å². The molecule has 0 saturated carbocycles. The van der Waals surface area contributed by atoms with Gasteiger partial charge in [0.1, 0.15) is 11.6 Å². The zero-order chi connectivity index (χ0) is 24.0. The van der Waals surface area contributed by atoms with E-state index in [-0.39, 0.29) is 22.0 Å². The molecule has 1 atom stereocenters. The summed E-state index contributed by atoms with van der Waals surface area (Å²) in [6.07, 6.45) is 0. The molecule has 34 heavy (non-hydrogen) atoms. The van der Waals surface area contributed by atoms with Gasteiger partial charge in [0, 0.05) is 17.7 Å². The Morgan fingerprint density at radius 3 is 2.56 bits per heavy atom. The van der Waals surface area contributed by atoms with E-state index >= 15 is 0 Å². The highest BCUT2D eigenvalue weighted by molar-refractivity contribution is 7.22. The first-order chi connectivity index (χ1) is 16.3. The van der Waals surface area contributed by atoms with Gasteiger partial charge in [0.25, 0.3) is 11.5 Å². The lowest BCUT2D eigenvalue weighted by atomic mass is 9.95. The molecule has 4 aromatic rings. The van der Waals surface area contributed by atoms with Crippen LogP contribution in [0.5, 0.6) is 0 Å². The molecule has 3 aromatic carbocycles. The molecule has 1 unspecified atom stereocenters. The summed E-state index contributed by atoms with van der Waals surface area (Å²) < 4.78 is 14.2. The average Bonchev–Trinajstić information content (AvgIpc) is 3.37. The summed E-state index contributed by atoms with van der Waals surface area (Å²) in [5.41, 5.74) is 0.513. The number of benzene rings is 3. The number of aliphatic hydroxyl groups is 1. The summed E-state index contributed by atoms with van der Waals surface area (Å²) in [5.74, 6) is -2.80. The van der Waals surface area contributed by atoms with Gasteiger partial charge >= 0.3 is 5.91 Å². The first kappa shape index (κ1) is 21.4. The predicted octanol–water partition coefficient (Wildman–Crippen LogP) is 4.97. The van der Waals surface area contributed by atoms with Gasteiger partial charge in [-0.25, -0.2) is 9.37 Å². The Morgan fingerprint density at radius 2 is 1.82 bits per heavy atom. The Kier molecular flexibility index (Phi) is 5.14. The maximum Gasteiger partial charge on any atom is 0.301 e. The molecule has 5 rings (SSSR count). The van der Waals surface area contributed by atoms with Gasteiger partial charge in [0.15, 0.2) is 5.13 Å². The molecule has 1 fully saturated rings. The molecule has 10 heteroatoms. The van der Waals surface area contributed by atoms with E-state index in [1.807, 2.05) is 0 Å². The lowest BCUT2D eigenvalue weighted by molar-refractivity contribution is -0.384. The molecule has 1 aliphatic rings. The molecule has 1 saturated heterocycles. The summed E-state index contributed by atoms with van der Waals surface area (Å²) in [5, 5.41) is 22.5. The first-order valence-electron chi connectivity index (χ1n) is 10.0. The van der Waals surface area contributed by atoms with Crippen molar-refractivity contribution in [2.45, 2.75) is 6.04 Å². The molecule has 8 nitrogen and oxygen atoms in total. The number of carbonyl (C=O) groups excluding carboxylic acids is 2. The van der Waals surface area contributed by atoms with Crippen LogP contribution >= 0.6 is 11.3 Å². The van der Waals surface area contributed by atoms with Crippen molar-refractivity contribution < 1.29 is 24.0 Å². The number of aliphatic hydroxyl groups excluding tert-OH is 1. The average molecular weight is 475 g/mol. The van der Waals surface area contributed by atoms with Crippen molar-refractivity contribution in [3.8, 4) is 0 Å². The van der Waals surface area contributed by atoms with Crippen molar-refractivity contribution in [1.82, 2.24) is 4.98 Å². The van der Waals surface area contributed by atoms with E-state index < -0.39 is 34.2 Å². The highest BCUT2D eigenvalue weighted by Crippen LogP contribution is 2.44. The summed E-state index contributed by atoms with van der Waals surface area (Å²) in [6.45, 7) is 0. The smallest absolute Gasteiger partial charge is 0.301 e. The highest BCUT2D eigenvalue weighted by Gasteiger charge is 2.48. The normalized spacial score (nSPS) is 17.4. The Morgan fingerprint density at radius 1 is 1.06 bits per heavy atom. The number of carbonyl (C=O) groups is 2. The van der Waals surface area contributed by atoms with E-state index in [9.17, 15) is 29.2 Å². The number of ketones is 1. The number of hydrogen-bond acceptors (Lipinski definition) is 7. The fourth-order valence-corrected chi connectivity index (χ4v) is 4.91. The van der Waals surface area contributed by atoms with Crippen LogP contribution in [0, 0.1) is 15.9 Å². The van der Waals surface area contributed by atoms with Crippen LogP contribution in [0.1, 0.15) is 17.2 Å². The minimum atomic E-state index is -1.18. The minimum absolute atomic E-state index is 0.103. The van der Waals surface area contributed by atoms with Crippen molar-refractivity contribution in [2.75, 3.05) is 4.90 Å². The number of nitro benzene ring substituents is 1. The number of amides is 1. The molecule has 0 aliphatic carbocycles. The number of fused-ring (bicyclic) bond motifs is 1. The van der Waals surface area contributed by atoms with E-state index in [0.717, 1.165) is 16.2 Å². The highest BCUT2D eigenvalue weighted by atomic mass is 32.1. The molecule has 0 radical (unpaired) electrons. The Bertz CT molecular complexity index is 1520. The summed E-state index contributed by atoms with van der Waals surface area (Å²) in [4.78, 5) is 42.6. The molecule has 0 spiro atoms. The van der Waals surface area contributed by atoms with Crippen LogP contribution in [0.25, 0.3) is 16.0 Å². The zero-order valence-corrected chi connectivity index (χ0v) is 18.0. The number of anilines is 1. The van der Waals surface area contributed by atoms with Crippen molar-refractivity contribution in [2.24, 2.45) is 0 Å². The Labute approximate surface area is 195 Å². The van der Waals surface area contributed by atoms with Crippen LogP contribution in [0.3, 0.4) is 0 Å². The number of non-ortho nitro benzene ring substituents is 1. The molecule has 1 aliphatic heterocycles. The second kappa shape index (κ2) is 8.16. The molecule has 168 valence electrons. The SMILES string of the molecule is O=C1C(=O)N(c2nc3ccc(F)cc3s2)C(c2cccc([N+](=O)[O-])c2)/C1=C(\O)c1ccccc1. The van der Waals surface area contributed by atoms with Crippen LogP contribution in [-0.4, -0.2) is 26.7 Å². The third kappa shape index (κ3) is 3.50. The lowest BCUT2D eigenvalue weighted by Gasteiger charge is -2.22. The monoisotopic (exact) mass is 475 g/mol. The molecular weight excluding hydrogens is 461 g/mol. The first-order valence-corrected chi connectivity index (χ1v) is 10.8. The number of rotatable bonds is 4. The van der Waals surface area contributed by atoms with Gasteiger partial charge in [-0.2, -0.15) is 0 Å². The Hall–Kier alpha value is -4.44. The summed E-state index contributed by atoms with van der Waals surface area (Å²) in [6, 6.07) is 16.5. The van der Waals surface area contributed by atoms with Gasteiger partial charge in [-0.05, 0) is 23.8 Å². The summed E-state index contributed by atoms with van der Waals surface area (Å²) in [7, 11) is 0. The second-order valence-electron chi connectivity index (χ2n) is 7.50. The Balaban J connectivity index is 1.75. The van der Waals surface area contributed by atoms with Crippen LogP contribution in [0.2, 0.25) is 0 Å². The standard InChI is InChI=1S/C24H14FN3O5S/c25-15-9-10-17-18(12-15)34-24(26-17)27-20(14-7-4-8-16(11-14)28(32)33)19(22(30)23(27)31)21(29)13-5-2-1-3-6-13/h1-12,20,29H/b21-19+. The molecule has 0 bridgehead atoms. The van der Waals surface area contributed by atoms with Gasteiger partial charge in [-0.1, -0.05) is 53.8 Å². The number of Topliss-reactive ketones (excluding diaryl/α,β-unsaturated/α-hetero) is 1. The third-order valence-electron chi connectivity index (χ3n) is 5.43. The lowest BCUT2D eigenvalue weighted by Crippen LogP contribution is -2.29. The maximum atomic E-state index is 13.7. The van der Waals surface area contributed by atoms with Gasteiger partial charge in [-0.15, -0.1) is 0 Å². The summed E-state index contributed by atoms with van der Waals surface area (Å²) >= 11 is 0.997. The number of aromatic nitrogens is 1. The fraction of sp³-hybridized carbons (Fsp3) is 0.0417. The largest absolute Gasteiger partial charge is 0.507 e. The van der Waals surface area contributed by atoms with Crippen molar-refractivity contribution in [1.29, 1.82) is 0 Å². The molecule has 1 amide bonds. The number of halogens is 1. The molecule has 1 N–H and O–H groups in total. The maximum absolute atomic E-state index is 13.7. The quantitative estimate of drug-likeness (QED) is 0.147. The van der Waals surface area contributed by atoms with Gasteiger partial charge in [0.2, 0.25) is 0 Å². The van der Waals surface area contributed by atoms with E-state index in [2.05, 4.69) is 4.98 Å². The molecule has 1 aromatic heterocycles.